The zero-order chi connectivity index (χ0) is 21.8. The summed E-state index contributed by atoms with van der Waals surface area (Å²) in [6, 6.07) is 15.6. The van der Waals surface area contributed by atoms with Crippen LogP contribution in [0, 0.1) is 0 Å². The highest BCUT2D eigenvalue weighted by Gasteiger charge is 2.17. The van der Waals surface area contributed by atoms with Gasteiger partial charge in [-0.3, -0.25) is 13.9 Å². The zero-order valence-electron chi connectivity index (χ0n) is 18.4. The molecule has 1 saturated heterocycles. The molecule has 1 fully saturated rings. The highest BCUT2D eigenvalue weighted by Crippen LogP contribution is 2.20. The first kappa shape index (κ1) is 21.2. The fourth-order valence-electron chi connectivity index (χ4n) is 4.29. The van der Waals surface area contributed by atoms with Crippen molar-refractivity contribution in [3.8, 4) is 0 Å². The van der Waals surface area contributed by atoms with Crippen LogP contribution in [0.25, 0.3) is 11.0 Å². The number of anilines is 2. The Morgan fingerprint density at radius 2 is 1.55 bits per heavy atom. The summed E-state index contributed by atoms with van der Waals surface area (Å²) < 4.78 is 3.30. The highest BCUT2D eigenvalue weighted by atomic mass is 16.2. The smallest absolute Gasteiger partial charge is 0.329 e. The fraction of sp³-hybridized carbons (Fsp3) is 0.417. The summed E-state index contributed by atoms with van der Waals surface area (Å²) in [5.74, 6) is -0.203. The van der Waals surface area contributed by atoms with Gasteiger partial charge in [0.1, 0.15) is 6.54 Å². The molecule has 0 saturated carbocycles. The van der Waals surface area contributed by atoms with Crippen molar-refractivity contribution in [3.05, 3.63) is 59.0 Å². The number of benzene rings is 2. The number of fused-ring (bicyclic) bond motifs is 1. The van der Waals surface area contributed by atoms with Crippen LogP contribution >= 0.6 is 0 Å². The summed E-state index contributed by atoms with van der Waals surface area (Å²) in [6.45, 7) is 10.2. The van der Waals surface area contributed by atoms with Gasteiger partial charge in [-0.2, -0.15) is 0 Å². The average molecular weight is 422 g/mol. The quantitative estimate of drug-likeness (QED) is 0.637. The molecule has 1 aliphatic rings. The number of carbonyl (C=O) groups is 1. The molecule has 31 heavy (non-hydrogen) atoms. The number of imidazole rings is 1. The van der Waals surface area contributed by atoms with Gasteiger partial charge in [0.15, 0.2) is 0 Å². The molecule has 0 atom stereocenters. The van der Waals surface area contributed by atoms with Gasteiger partial charge in [0, 0.05) is 44.1 Å². The first-order chi connectivity index (χ1) is 15.1. The van der Waals surface area contributed by atoms with Gasteiger partial charge in [-0.1, -0.05) is 26.0 Å². The van der Waals surface area contributed by atoms with Crippen LogP contribution in [0.1, 0.15) is 20.3 Å². The molecule has 1 N–H and O–H groups in total. The summed E-state index contributed by atoms with van der Waals surface area (Å²) in [5.41, 5.74) is 3.44. The molecule has 7 nitrogen and oxygen atoms in total. The van der Waals surface area contributed by atoms with Crippen molar-refractivity contribution in [2.45, 2.75) is 33.4 Å². The van der Waals surface area contributed by atoms with Crippen molar-refractivity contribution in [3.63, 3.8) is 0 Å². The SMILES string of the molecule is CCCn1c(=O)n(CC(=O)Nc2ccc(N3CCN(CC)CC3)cc2)c2ccccc21. The van der Waals surface area contributed by atoms with E-state index in [1.54, 1.807) is 9.13 Å². The Balaban J connectivity index is 1.44. The molecule has 1 aliphatic heterocycles. The lowest BCUT2D eigenvalue weighted by Crippen LogP contribution is -2.46. The molecule has 0 spiro atoms. The lowest BCUT2D eigenvalue weighted by atomic mass is 10.2. The Morgan fingerprint density at radius 3 is 2.16 bits per heavy atom. The highest BCUT2D eigenvalue weighted by molar-refractivity contribution is 5.91. The molecular weight excluding hydrogens is 390 g/mol. The van der Waals surface area contributed by atoms with Gasteiger partial charge >= 0.3 is 5.69 Å². The molecule has 2 heterocycles. The van der Waals surface area contributed by atoms with Gasteiger partial charge in [0.05, 0.1) is 11.0 Å². The van der Waals surface area contributed by atoms with Crippen LogP contribution in [0.2, 0.25) is 0 Å². The molecule has 0 unspecified atom stereocenters. The first-order valence-corrected chi connectivity index (χ1v) is 11.2. The summed E-state index contributed by atoms with van der Waals surface area (Å²) in [4.78, 5) is 30.4. The number of hydrogen-bond donors (Lipinski definition) is 1. The lowest BCUT2D eigenvalue weighted by Gasteiger charge is -2.35. The van der Waals surface area contributed by atoms with Crippen molar-refractivity contribution in [1.82, 2.24) is 14.0 Å². The number of nitrogens with one attached hydrogen (secondary N) is 1. The van der Waals surface area contributed by atoms with E-state index in [9.17, 15) is 9.59 Å². The molecular formula is C24H31N5O2. The second-order valence-electron chi connectivity index (χ2n) is 8.03. The number of piperazine rings is 1. The van der Waals surface area contributed by atoms with E-state index in [1.165, 1.54) is 5.69 Å². The van der Waals surface area contributed by atoms with Gasteiger partial charge in [-0.15, -0.1) is 0 Å². The molecule has 164 valence electrons. The maximum Gasteiger partial charge on any atom is 0.329 e. The van der Waals surface area contributed by atoms with E-state index in [0.29, 0.717) is 6.54 Å². The number of aromatic nitrogens is 2. The summed E-state index contributed by atoms with van der Waals surface area (Å²) in [6.07, 6.45) is 0.861. The molecule has 0 radical (unpaired) electrons. The van der Waals surface area contributed by atoms with Gasteiger partial charge in [0.2, 0.25) is 5.91 Å². The number of para-hydroxylation sites is 2. The maximum absolute atomic E-state index is 12.9. The lowest BCUT2D eigenvalue weighted by molar-refractivity contribution is -0.116. The Bertz CT molecular complexity index is 1090. The number of hydrogen-bond acceptors (Lipinski definition) is 4. The van der Waals surface area contributed by atoms with E-state index in [2.05, 4.69) is 34.2 Å². The molecule has 1 aromatic heterocycles. The monoisotopic (exact) mass is 421 g/mol. The Labute approximate surface area is 182 Å². The minimum Gasteiger partial charge on any atom is -0.369 e. The van der Waals surface area contributed by atoms with Crippen LogP contribution in [-0.2, 0) is 17.9 Å². The Hall–Kier alpha value is -3.06. The number of amides is 1. The number of likely N-dealkylation sites (N-methyl/N-ethyl adjacent to an activating group) is 1. The molecule has 1 amide bonds. The van der Waals surface area contributed by atoms with Gasteiger partial charge in [-0.25, -0.2) is 4.79 Å². The predicted molar refractivity (Wildman–Crippen MR) is 126 cm³/mol. The second kappa shape index (κ2) is 9.39. The number of carbonyl (C=O) groups excluding carboxylic acids is 1. The number of aryl methyl sites for hydroxylation is 1. The molecule has 2 aromatic carbocycles. The maximum atomic E-state index is 12.9. The zero-order valence-corrected chi connectivity index (χ0v) is 18.4. The average Bonchev–Trinajstić information content (AvgIpc) is 3.06. The minimum atomic E-state index is -0.203. The standard InChI is InChI=1S/C24H31N5O2/c1-3-13-28-21-7-5-6-8-22(21)29(24(28)31)18-23(30)25-19-9-11-20(12-10-19)27-16-14-26(4-2)15-17-27/h5-12H,3-4,13-18H2,1-2H3,(H,25,30). The normalized spacial score (nSPS) is 14.8. The Kier molecular flexibility index (Phi) is 6.42. The van der Waals surface area contributed by atoms with Crippen molar-refractivity contribution >= 4 is 28.3 Å². The third kappa shape index (κ3) is 4.51. The summed E-state index contributed by atoms with van der Waals surface area (Å²) in [5, 5.41) is 2.94. The predicted octanol–water partition coefficient (Wildman–Crippen LogP) is 2.99. The third-order valence-corrected chi connectivity index (χ3v) is 6.01. The van der Waals surface area contributed by atoms with Crippen LogP contribution in [0.5, 0.6) is 0 Å². The molecule has 0 aliphatic carbocycles. The molecule has 0 bridgehead atoms. The number of nitrogens with zero attached hydrogens (tertiary/aromatic N) is 4. The third-order valence-electron chi connectivity index (χ3n) is 6.01. The van der Waals surface area contributed by atoms with Crippen molar-refractivity contribution in [1.29, 1.82) is 0 Å². The largest absolute Gasteiger partial charge is 0.369 e. The van der Waals surface area contributed by atoms with Crippen molar-refractivity contribution in [2.24, 2.45) is 0 Å². The first-order valence-electron chi connectivity index (χ1n) is 11.2. The van der Waals surface area contributed by atoms with Crippen LogP contribution in [0.3, 0.4) is 0 Å². The van der Waals surface area contributed by atoms with Gasteiger partial charge in [-0.05, 0) is 49.4 Å². The summed E-state index contributed by atoms with van der Waals surface area (Å²) in [7, 11) is 0. The fourth-order valence-corrected chi connectivity index (χ4v) is 4.29. The van der Waals surface area contributed by atoms with E-state index in [1.807, 2.05) is 43.3 Å². The van der Waals surface area contributed by atoms with Crippen LogP contribution in [0.4, 0.5) is 11.4 Å². The molecule has 4 rings (SSSR count). The van der Waals surface area contributed by atoms with Crippen molar-refractivity contribution in [2.75, 3.05) is 42.9 Å². The second-order valence-corrected chi connectivity index (χ2v) is 8.03. The minimum absolute atomic E-state index is 0.00318. The van der Waals surface area contributed by atoms with E-state index < -0.39 is 0 Å². The van der Waals surface area contributed by atoms with Crippen molar-refractivity contribution < 1.29 is 4.79 Å². The van der Waals surface area contributed by atoms with E-state index in [0.717, 1.165) is 55.9 Å². The number of rotatable bonds is 7. The van der Waals surface area contributed by atoms with Crippen LogP contribution in [-0.4, -0.2) is 52.7 Å². The van der Waals surface area contributed by atoms with E-state index in [4.69, 9.17) is 0 Å². The van der Waals surface area contributed by atoms with Crippen LogP contribution in [0.15, 0.2) is 53.3 Å². The van der Waals surface area contributed by atoms with E-state index >= 15 is 0 Å². The van der Waals surface area contributed by atoms with Gasteiger partial charge < -0.3 is 15.1 Å². The molecule has 7 heteroatoms. The summed E-state index contributed by atoms with van der Waals surface area (Å²) >= 11 is 0. The topological polar surface area (TPSA) is 62.5 Å². The molecule has 3 aromatic rings. The Morgan fingerprint density at radius 1 is 0.903 bits per heavy atom. The van der Waals surface area contributed by atoms with E-state index in [-0.39, 0.29) is 18.1 Å². The van der Waals surface area contributed by atoms with Crippen LogP contribution < -0.4 is 15.9 Å². The van der Waals surface area contributed by atoms with Gasteiger partial charge in [0.25, 0.3) is 0 Å².